The van der Waals surface area contributed by atoms with Crippen molar-refractivity contribution < 1.29 is 14.7 Å². The van der Waals surface area contributed by atoms with Gasteiger partial charge in [-0.3, -0.25) is 0 Å². The number of carboxylic acids is 1. The van der Waals surface area contributed by atoms with Crippen molar-refractivity contribution in [2.75, 3.05) is 11.9 Å². The summed E-state index contributed by atoms with van der Waals surface area (Å²) in [6.45, 7) is 3.87. The lowest BCUT2D eigenvalue weighted by Crippen LogP contribution is -2.28. The topological polar surface area (TPSA) is 78.4 Å². The molecule has 5 heteroatoms. The van der Waals surface area contributed by atoms with Crippen LogP contribution < -0.4 is 10.6 Å². The Morgan fingerprint density at radius 1 is 1.39 bits per heavy atom. The average molecular weight is 246 g/mol. The smallest absolute Gasteiger partial charge is 0.328 e. The lowest BCUT2D eigenvalue weighted by atomic mass is 10.2. The first-order chi connectivity index (χ1) is 8.61. The molecule has 94 valence electrons. The average Bonchev–Trinajstić information content (AvgIpc) is 2.34. The normalized spacial score (nSPS) is 10.0. The second kappa shape index (κ2) is 6.90. The zero-order valence-electron chi connectivity index (χ0n) is 9.72. The van der Waals surface area contributed by atoms with Crippen LogP contribution in [0.3, 0.4) is 0 Å². The zero-order valence-corrected chi connectivity index (χ0v) is 9.72. The van der Waals surface area contributed by atoms with Gasteiger partial charge in [0.15, 0.2) is 0 Å². The summed E-state index contributed by atoms with van der Waals surface area (Å²) in [5.41, 5.74) is 1.28. The van der Waals surface area contributed by atoms with E-state index in [9.17, 15) is 9.59 Å². The standard InChI is InChI=1S/C13H14N2O3/c1-2-8-14-13(18)15-11-5-3-4-10(9-11)6-7-12(16)17/h2-7,9H,1,8H2,(H,16,17)(H2,14,15,18)/b7-6+. The van der Waals surface area contributed by atoms with Crippen molar-refractivity contribution in [3.63, 3.8) is 0 Å². The van der Waals surface area contributed by atoms with Crippen LogP contribution in [0.2, 0.25) is 0 Å². The predicted molar refractivity (Wildman–Crippen MR) is 70.3 cm³/mol. The maximum atomic E-state index is 11.4. The van der Waals surface area contributed by atoms with E-state index in [1.165, 1.54) is 6.08 Å². The molecular weight excluding hydrogens is 232 g/mol. The van der Waals surface area contributed by atoms with Crippen molar-refractivity contribution in [2.24, 2.45) is 0 Å². The van der Waals surface area contributed by atoms with Crippen LogP contribution in [0.5, 0.6) is 0 Å². The minimum atomic E-state index is -1.02. The van der Waals surface area contributed by atoms with E-state index in [1.807, 2.05) is 0 Å². The van der Waals surface area contributed by atoms with Crippen molar-refractivity contribution in [3.8, 4) is 0 Å². The summed E-state index contributed by atoms with van der Waals surface area (Å²) in [7, 11) is 0. The van der Waals surface area contributed by atoms with Crippen LogP contribution in [0.25, 0.3) is 6.08 Å². The highest BCUT2D eigenvalue weighted by atomic mass is 16.4. The van der Waals surface area contributed by atoms with Gasteiger partial charge in [0.05, 0.1) is 0 Å². The summed E-state index contributed by atoms with van der Waals surface area (Å²) in [5.74, 6) is -1.02. The van der Waals surface area contributed by atoms with Crippen LogP contribution in [-0.2, 0) is 4.79 Å². The van der Waals surface area contributed by atoms with Gasteiger partial charge in [-0.25, -0.2) is 9.59 Å². The van der Waals surface area contributed by atoms with Gasteiger partial charge in [-0.05, 0) is 23.8 Å². The molecule has 18 heavy (non-hydrogen) atoms. The van der Waals surface area contributed by atoms with Crippen molar-refractivity contribution in [3.05, 3.63) is 48.6 Å². The molecule has 0 saturated carbocycles. The van der Waals surface area contributed by atoms with Gasteiger partial charge in [0.2, 0.25) is 0 Å². The fourth-order valence-corrected chi connectivity index (χ4v) is 1.23. The number of anilines is 1. The van der Waals surface area contributed by atoms with E-state index < -0.39 is 5.97 Å². The first-order valence-corrected chi connectivity index (χ1v) is 5.28. The Balaban J connectivity index is 2.67. The molecule has 2 amide bonds. The van der Waals surface area contributed by atoms with Gasteiger partial charge in [0, 0.05) is 18.3 Å². The fraction of sp³-hybridized carbons (Fsp3) is 0.0769. The number of hydrogen-bond donors (Lipinski definition) is 3. The molecule has 0 fully saturated rings. The second-order valence-corrected chi connectivity index (χ2v) is 3.42. The second-order valence-electron chi connectivity index (χ2n) is 3.42. The Morgan fingerprint density at radius 2 is 2.17 bits per heavy atom. The lowest BCUT2D eigenvalue weighted by Gasteiger charge is -2.06. The highest BCUT2D eigenvalue weighted by Crippen LogP contribution is 2.11. The van der Waals surface area contributed by atoms with E-state index >= 15 is 0 Å². The van der Waals surface area contributed by atoms with Crippen LogP contribution in [-0.4, -0.2) is 23.7 Å². The van der Waals surface area contributed by atoms with Gasteiger partial charge < -0.3 is 15.7 Å². The maximum Gasteiger partial charge on any atom is 0.328 e. The Labute approximate surface area is 105 Å². The van der Waals surface area contributed by atoms with E-state index in [4.69, 9.17) is 5.11 Å². The zero-order chi connectivity index (χ0) is 13.4. The van der Waals surface area contributed by atoms with Gasteiger partial charge in [-0.1, -0.05) is 18.2 Å². The summed E-state index contributed by atoms with van der Waals surface area (Å²) in [6.07, 6.45) is 4.07. The van der Waals surface area contributed by atoms with E-state index in [-0.39, 0.29) is 6.03 Å². The van der Waals surface area contributed by atoms with Crippen molar-refractivity contribution in [1.82, 2.24) is 5.32 Å². The number of benzene rings is 1. The van der Waals surface area contributed by atoms with Gasteiger partial charge in [-0.15, -0.1) is 6.58 Å². The highest BCUT2D eigenvalue weighted by molar-refractivity contribution is 5.90. The molecule has 0 aliphatic heterocycles. The number of aliphatic carboxylic acids is 1. The van der Waals surface area contributed by atoms with Gasteiger partial charge in [0.1, 0.15) is 0 Å². The summed E-state index contributed by atoms with van der Waals surface area (Å²) < 4.78 is 0. The Kier molecular flexibility index (Phi) is 5.18. The van der Waals surface area contributed by atoms with Crippen LogP contribution in [0.15, 0.2) is 43.0 Å². The number of nitrogens with one attached hydrogen (secondary N) is 2. The predicted octanol–water partition coefficient (Wildman–Crippen LogP) is 2.09. The molecule has 0 bridgehead atoms. The molecule has 0 spiro atoms. The summed E-state index contributed by atoms with van der Waals surface area (Å²) in [4.78, 5) is 21.7. The SMILES string of the molecule is C=CCNC(=O)Nc1cccc(/C=C/C(=O)O)c1. The molecule has 0 unspecified atom stereocenters. The van der Waals surface area contributed by atoms with Gasteiger partial charge >= 0.3 is 12.0 Å². The van der Waals surface area contributed by atoms with E-state index in [1.54, 1.807) is 30.3 Å². The quantitative estimate of drug-likeness (QED) is 0.550. The third kappa shape index (κ3) is 4.98. The van der Waals surface area contributed by atoms with E-state index in [0.717, 1.165) is 6.08 Å². The third-order valence-electron chi connectivity index (χ3n) is 1.97. The highest BCUT2D eigenvalue weighted by Gasteiger charge is 2.00. The molecule has 1 aromatic rings. The molecule has 0 radical (unpaired) electrons. The Bertz CT molecular complexity index is 481. The number of carboxylic acid groups (broad SMARTS) is 1. The Hall–Kier alpha value is -2.56. The summed E-state index contributed by atoms with van der Waals surface area (Å²) in [6, 6.07) is 6.52. The fourth-order valence-electron chi connectivity index (χ4n) is 1.23. The molecule has 0 heterocycles. The van der Waals surface area contributed by atoms with Gasteiger partial charge in [0.25, 0.3) is 0 Å². The Morgan fingerprint density at radius 3 is 2.83 bits per heavy atom. The summed E-state index contributed by atoms with van der Waals surface area (Å²) >= 11 is 0. The number of hydrogen-bond acceptors (Lipinski definition) is 2. The van der Waals surface area contributed by atoms with Crippen LogP contribution in [0.1, 0.15) is 5.56 Å². The van der Waals surface area contributed by atoms with Crippen LogP contribution >= 0.6 is 0 Å². The minimum absolute atomic E-state index is 0.339. The van der Waals surface area contributed by atoms with Crippen LogP contribution in [0.4, 0.5) is 10.5 Å². The molecule has 3 N–H and O–H groups in total. The van der Waals surface area contributed by atoms with E-state index in [0.29, 0.717) is 17.8 Å². The molecule has 0 aliphatic carbocycles. The minimum Gasteiger partial charge on any atom is -0.478 e. The lowest BCUT2D eigenvalue weighted by molar-refractivity contribution is -0.131. The molecule has 0 aliphatic rings. The first-order valence-electron chi connectivity index (χ1n) is 5.28. The molecule has 0 saturated heterocycles. The van der Waals surface area contributed by atoms with Crippen molar-refractivity contribution in [2.45, 2.75) is 0 Å². The third-order valence-corrected chi connectivity index (χ3v) is 1.97. The maximum absolute atomic E-state index is 11.4. The van der Waals surface area contributed by atoms with Crippen molar-refractivity contribution in [1.29, 1.82) is 0 Å². The number of rotatable bonds is 5. The monoisotopic (exact) mass is 246 g/mol. The molecule has 5 nitrogen and oxygen atoms in total. The van der Waals surface area contributed by atoms with Gasteiger partial charge in [-0.2, -0.15) is 0 Å². The molecule has 1 rings (SSSR count). The molecule has 0 aromatic heterocycles. The van der Waals surface area contributed by atoms with Crippen molar-refractivity contribution >= 4 is 23.8 Å². The number of amides is 2. The summed E-state index contributed by atoms with van der Waals surface area (Å²) in [5, 5.41) is 13.7. The largest absolute Gasteiger partial charge is 0.478 e. The van der Waals surface area contributed by atoms with Crippen LogP contribution in [0, 0.1) is 0 Å². The number of urea groups is 1. The molecular formula is C13H14N2O3. The molecule has 1 aromatic carbocycles. The number of carbonyl (C=O) groups excluding carboxylic acids is 1. The first kappa shape index (κ1) is 13.5. The molecule has 0 atom stereocenters. The number of carbonyl (C=O) groups is 2. The van der Waals surface area contributed by atoms with E-state index in [2.05, 4.69) is 17.2 Å².